The van der Waals surface area contributed by atoms with Crippen LogP contribution < -0.4 is 0 Å². The van der Waals surface area contributed by atoms with E-state index in [1.54, 1.807) is 0 Å². The summed E-state index contributed by atoms with van der Waals surface area (Å²) >= 11 is 16.2. The first kappa shape index (κ1) is 12.3. The lowest BCUT2D eigenvalue weighted by Gasteiger charge is -2.07. The van der Waals surface area contributed by atoms with Crippen molar-refractivity contribution in [1.82, 2.24) is 0 Å². The van der Waals surface area contributed by atoms with Crippen LogP contribution in [0.4, 0.5) is 0 Å². The van der Waals surface area contributed by atoms with Gasteiger partial charge in [-0.05, 0) is 12.8 Å². The van der Waals surface area contributed by atoms with E-state index in [0.29, 0.717) is 6.42 Å². The lowest BCUT2D eigenvalue weighted by Crippen LogP contribution is -2.14. The summed E-state index contributed by atoms with van der Waals surface area (Å²) in [5.41, 5.74) is 0. The topological polar surface area (TPSA) is 26.3 Å². The zero-order valence-corrected chi connectivity index (χ0v) is 8.99. The summed E-state index contributed by atoms with van der Waals surface area (Å²) in [6, 6.07) is 0. The van der Waals surface area contributed by atoms with Gasteiger partial charge >= 0.3 is 5.97 Å². The molecule has 0 aromatic heterocycles. The Kier molecular flexibility index (Phi) is 7.01. The second-order valence-electron chi connectivity index (χ2n) is 2.26. The van der Waals surface area contributed by atoms with Crippen molar-refractivity contribution in [2.75, 3.05) is 6.61 Å². The monoisotopic (exact) mass is 232 g/mol. The SMILES string of the molecule is CCC(Cl)CCOC(=O)C(Cl)Cl. The molecule has 0 spiro atoms. The smallest absolute Gasteiger partial charge is 0.339 e. The Hall–Kier alpha value is 0.340. The highest BCUT2D eigenvalue weighted by Gasteiger charge is 2.12. The van der Waals surface area contributed by atoms with Crippen LogP contribution in [0.2, 0.25) is 0 Å². The highest BCUT2D eigenvalue weighted by molar-refractivity contribution is 6.52. The molecule has 0 aliphatic rings. The molecule has 5 heteroatoms. The molecule has 2 nitrogen and oxygen atoms in total. The van der Waals surface area contributed by atoms with Crippen LogP contribution in [0.1, 0.15) is 19.8 Å². The van der Waals surface area contributed by atoms with Gasteiger partial charge in [-0.25, -0.2) is 4.79 Å². The van der Waals surface area contributed by atoms with Crippen LogP contribution in [0.3, 0.4) is 0 Å². The molecule has 0 fully saturated rings. The van der Waals surface area contributed by atoms with E-state index in [2.05, 4.69) is 4.74 Å². The minimum absolute atomic E-state index is 0.0434. The molecule has 0 aliphatic carbocycles. The molecule has 0 rings (SSSR count). The molecule has 0 saturated heterocycles. The van der Waals surface area contributed by atoms with Crippen molar-refractivity contribution in [2.45, 2.75) is 30.0 Å². The highest BCUT2D eigenvalue weighted by atomic mass is 35.5. The van der Waals surface area contributed by atoms with E-state index in [-0.39, 0.29) is 12.0 Å². The van der Waals surface area contributed by atoms with E-state index < -0.39 is 10.8 Å². The predicted molar refractivity (Wildman–Crippen MR) is 51.0 cm³/mol. The third kappa shape index (κ3) is 5.92. The Balaban J connectivity index is 3.37. The standard InChI is InChI=1S/C7H11Cl3O2/c1-2-5(8)3-4-12-7(11)6(9)10/h5-6H,2-4H2,1H3. The summed E-state index contributed by atoms with van der Waals surface area (Å²) in [7, 11) is 0. The molecule has 1 atom stereocenters. The number of carbonyl (C=O) groups excluding carboxylic acids is 1. The average Bonchev–Trinajstić information content (AvgIpc) is 2.03. The molecule has 0 amide bonds. The van der Waals surface area contributed by atoms with Gasteiger partial charge in [-0.3, -0.25) is 0 Å². The van der Waals surface area contributed by atoms with Crippen molar-refractivity contribution in [1.29, 1.82) is 0 Å². The maximum absolute atomic E-state index is 10.7. The summed E-state index contributed by atoms with van der Waals surface area (Å²) in [5.74, 6) is -0.613. The normalized spacial score (nSPS) is 13.1. The summed E-state index contributed by atoms with van der Waals surface area (Å²) in [6.45, 7) is 2.24. The third-order valence-electron chi connectivity index (χ3n) is 1.30. The largest absolute Gasteiger partial charge is 0.464 e. The Morgan fingerprint density at radius 3 is 2.42 bits per heavy atom. The maximum atomic E-state index is 10.7. The number of hydrogen-bond acceptors (Lipinski definition) is 2. The number of halogens is 3. The van der Waals surface area contributed by atoms with Crippen LogP contribution in [-0.4, -0.2) is 22.8 Å². The second-order valence-corrected chi connectivity index (χ2v) is 3.98. The van der Waals surface area contributed by atoms with Crippen molar-refractivity contribution >= 4 is 40.8 Å². The van der Waals surface area contributed by atoms with Crippen molar-refractivity contribution in [3.8, 4) is 0 Å². The van der Waals surface area contributed by atoms with Gasteiger partial charge in [-0.1, -0.05) is 30.1 Å². The maximum Gasteiger partial charge on any atom is 0.339 e. The fourth-order valence-corrected chi connectivity index (χ4v) is 0.770. The summed E-state index contributed by atoms with van der Waals surface area (Å²) in [4.78, 5) is 9.59. The number of alkyl halides is 3. The molecule has 0 aromatic carbocycles. The summed E-state index contributed by atoms with van der Waals surface area (Å²) in [5, 5.41) is 0.0434. The molecule has 0 heterocycles. The van der Waals surface area contributed by atoms with Crippen LogP contribution in [0, 0.1) is 0 Å². The summed E-state index contributed by atoms with van der Waals surface area (Å²) < 4.78 is 4.69. The lowest BCUT2D eigenvalue weighted by atomic mass is 10.2. The zero-order valence-electron chi connectivity index (χ0n) is 6.73. The lowest BCUT2D eigenvalue weighted by molar-refractivity contribution is -0.141. The Morgan fingerprint density at radius 2 is 2.00 bits per heavy atom. The highest BCUT2D eigenvalue weighted by Crippen LogP contribution is 2.08. The molecule has 0 aliphatic heterocycles. The van der Waals surface area contributed by atoms with Crippen LogP contribution in [0.5, 0.6) is 0 Å². The fourth-order valence-electron chi connectivity index (χ4n) is 0.555. The van der Waals surface area contributed by atoms with Gasteiger partial charge in [-0.2, -0.15) is 0 Å². The number of ether oxygens (including phenoxy) is 1. The van der Waals surface area contributed by atoms with E-state index in [9.17, 15) is 4.79 Å². The third-order valence-corrected chi connectivity index (χ3v) is 2.18. The van der Waals surface area contributed by atoms with Gasteiger partial charge in [-0.15, -0.1) is 11.6 Å². The van der Waals surface area contributed by atoms with E-state index >= 15 is 0 Å². The minimum atomic E-state index is -1.10. The first-order valence-electron chi connectivity index (χ1n) is 3.66. The van der Waals surface area contributed by atoms with Gasteiger partial charge < -0.3 is 4.74 Å². The van der Waals surface area contributed by atoms with E-state index in [0.717, 1.165) is 6.42 Å². The van der Waals surface area contributed by atoms with Crippen molar-refractivity contribution < 1.29 is 9.53 Å². The van der Waals surface area contributed by atoms with Crippen LogP contribution in [-0.2, 0) is 9.53 Å². The molecule has 72 valence electrons. The number of carbonyl (C=O) groups is 1. The van der Waals surface area contributed by atoms with Gasteiger partial charge in [0.1, 0.15) is 0 Å². The van der Waals surface area contributed by atoms with Crippen molar-refractivity contribution in [2.24, 2.45) is 0 Å². The molecule has 0 saturated carbocycles. The number of hydrogen-bond donors (Lipinski definition) is 0. The van der Waals surface area contributed by atoms with Gasteiger partial charge in [0.2, 0.25) is 4.84 Å². The Morgan fingerprint density at radius 1 is 1.42 bits per heavy atom. The Bertz CT molecular complexity index is 139. The van der Waals surface area contributed by atoms with E-state index in [4.69, 9.17) is 34.8 Å². The summed E-state index contributed by atoms with van der Waals surface area (Å²) in [6.07, 6.45) is 1.48. The first-order chi connectivity index (χ1) is 5.57. The molecule has 0 N–H and O–H groups in total. The van der Waals surface area contributed by atoms with Gasteiger partial charge in [0, 0.05) is 5.38 Å². The second kappa shape index (κ2) is 6.81. The molecule has 0 radical (unpaired) electrons. The molecule has 0 aromatic rings. The van der Waals surface area contributed by atoms with Crippen molar-refractivity contribution in [3.05, 3.63) is 0 Å². The number of rotatable bonds is 5. The first-order valence-corrected chi connectivity index (χ1v) is 4.97. The van der Waals surface area contributed by atoms with Crippen LogP contribution in [0.15, 0.2) is 0 Å². The zero-order chi connectivity index (χ0) is 9.56. The molecular weight excluding hydrogens is 222 g/mol. The van der Waals surface area contributed by atoms with Crippen LogP contribution >= 0.6 is 34.8 Å². The predicted octanol–water partition coefficient (Wildman–Crippen LogP) is 2.74. The molecule has 12 heavy (non-hydrogen) atoms. The van der Waals surface area contributed by atoms with Gasteiger partial charge in [0.05, 0.1) is 6.61 Å². The fraction of sp³-hybridized carbons (Fsp3) is 0.857. The minimum Gasteiger partial charge on any atom is -0.464 e. The quantitative estimate of drug-likeness (QED) is 0.539. The van der Waals surface area contributed by atoms with Gasteiger partial charge in [0.15, 0.2) is 0 Å². The number of esters is 1. The molecular formula is C7H11Cl3O2. The Labute approximate surface area is 87.1 Å². The van der Waals surface area contributed by atoms with Gasteiger partial charge in [0.25, 0.3) is 0 Å². The van der Waals surface area contributed by atoms with E-state index in [1.165, 1.54) is 0 Å². The molecule has 0 bridgehead atoms. The van der Waals surface area contributed by atoms with Crippen LogP contribution in [0.25, 0.3) is 0 Å². The average molecular weight is 234 g/mol. The van der Waals surface area contributed by atoms with E-state index in [1.807, 2.05) is 6.92 Å². The molecule has 1 unspecified atom stereocenters. The van der Waals surface area contributed by atoms with Crippen molar-refractivity contribution in [3.63, 3.8) is 0 Å².